The number of anilines is 1. The van der Waals surface area contributed by atoms with Gasteiger partial charge in [0.1, 0.15) is 12.0 Å². The lowest BCUT2D eigenvalue weighted by Crippen LogP contribution is -2.14. The molecule has 1 aromatic heterocycles. The molecule has 1 heterocycles. The first-order valence-corrected chi connectivity index (χ1v) is 6.48. The van der Waals surface area contributed by atoms with E-state index in [1.165, 1.54) is 16.7 Å². The van der Waals surface area contributed by atoms with E-state index in [0.29, 0.717) is 5.92 Å². The summed E-state index contributed by atoms with van der Waals surface area (Å²) in [6.45, 7) is 2.16. The van der Waals surface area contributed by atoms with Crippen LogP contribution in [0.25, 0.3) is 0 Å². The van der Waals surface area contributed by atoms with Crippen LogP contribution < -0.4 is 5.32 Å². The quantitative estimate of drug-likeness (QED) is 0.878. The fourth-order valence-electron chi connectivity index (χ4n) is 2.84. The lowest BCUT2D eigenvalue weighted by molar-refractivity contribution is 0.399. The fraction of sp³-hybridized carbons (Fsp3) is 0.400. The van der Waals surface area contributed by atoms with E-state index in [1.807, 2.05) is 7.05 Å². The zero-order valence-electron chi connectivity index (χ0n) is 10.9. The molecule has 1 aliphatic rings. The molecule has 0 amide bonds. The van der Waals surface area contributed by atoms with Gasteiger partial charge in [-0.2, -0.15) is 0 Å². The summed E-state index contributed by atoms with van der Waals surface area (Å²) in [5, 5.41) is 7.31. The summed E-state index contributed by atoms with van der Waals surface area (Å²) in [5.41, 5.74) is 6.41. The molecule has 1 N–H and O–H groups in total. The van der Waals surface area contributed by atoms with E-state index in [1.54, 1.807) is 6.26 Å². The van der Waals surface area contributed by atoms with Gasteiger partial charge in [-0.1, -0.05) is 28.9 Å². The number of benzene rings is 1. The molecule has 0 aliphatic heterocycles. The Hall–Kier alpha value is -1.77. The van der Waals surface area contributed by atoms with Gasteiger partial charge in [0.25, 0.3) is 0 Å². The highest BCUT2D eigenvalue weighted by Gasteiger charge is 2.24. The number of aromatic nitrogens is 1. The van der Waals surface area contributed by atoms with Gasteiger partial charge in [0.05, 0.1) is 5.69 Å². The van der Waals surface area contributed by atoms with E-state index in [4.69, 9.17) is 4.52 Å². The van der Waals surface area contributed by atoms with Crippen molar-refractivity contribution in [2.24, 2.45) is 0 Å². The molecule has 0 spiro atoms. The standard InChI is InChI=1S/C15H18N2O/c1-10-3-4-12-8-13(6-5-11(12)7-10)15-14(16-2)9-18-17-15/h3-4,7,9,13,16H,5-6,8H2,1-2H3. The predicted molar refractivity (Wildman–Crippen MR) is 72.0 cm³/mol. The largest absolute Gasteiger partial charge is 0.384 e. The first-order chi connectivity index (χ1) is 8.78. The van der Waals surface area contributed by atoms with E-state index >= 15 is 0 Å². The van der Waals surface area contributed by atoms with E-state index in [0.717, 1.165) is 30.6 Å². The van der Waals surface area contributed by atoms with E-state index in [9.17, 15) is 0 Å². The van der Waals surface area contributed by atoms with Crippen molar-refractivity contribution in [1.29, 1.82) is 0 Å². The summed E-state index contributed by atoms with van der Waals surface area (Å²) >= 11 is 0. The smallest absolute Gasteiger partial charge is 0.147 e. The van der Waals surface area contributed by atoms with E-state index < -0.39 is 0 Å². The minimum Gasteiger partial charge on any atom is -0.384 e. The second kappa shape index (κ2) is 4.48. The number of aryl methyl sites for hydroxylation is 2. The number of rotatable bonds is 2. The van der Waals surface area contributed by atoms with Crippen LogP contribution in [-0.4, -0.2) is 12.2 Å². The van der Waals surface area contributed by atoms with Crippen molar-refractivity contribution in [3.63, 3.8) is 0 Å². The molecule has 18 heavy (non-hydrogen) atoms. The highest BCUT2D eigenvalue weighted by molar-refractivity contribution is 5.47. The molecule has 3 rings (SSSR count). The van der Waals surface area contributed by atoms with Crippen LogP contribution in [0.15, 0.2) is 29.0 Å². The summed E-state index contributed by atoms with van der Waals surface area (Å²) in [4.78, 5) is 0. The maximum atomic E-state index is 5.08. The summed E-state index contributed by atoms with van der Waals surface area (Å²) < 4.78 is 5.08. The second-order valence-corrected chi connectivity index (χ2v) is 5.08. The normalized spacial score (nSPS) is 18.4. The molecule has 3 nitrogen and oxygen atoms in total. The van der Waals surface area contributed by atoms with Crippen LogP contribution in [0.5, 0.6) is 0 Å². The summed E-state index contributed by atoms with van der Waals surface area (Å²) in [6.07, 6.45) is 5.05. The maximum absolute atomic E-state index is 5.08. The molecule has 3 heteroatoms. The third-order valence-corrected chi connectivity index (χ3v) is 3.84. The molecular formula is C15H18N2O. The van der Waals surface area contributed by atoms with Crippen LogP contribution in [-0.2, 0) is 12.8 Å². The van der Waals surface area contributed by atoms with Gasteiger partial charge in [0, 0.05) is 13.0 Å². The lowest BCUT2D eigenvalue weighted by atomic mass is 9.81. The van der Waals surface area contributed by atoms with E-state index in [2.05, 4.69) is 35.6 Å². The summed E-state index contributed by atoms with van der Waals surface area (Å²) in [6, 6.07) is 6.77. The first kappa shape index (κ1) is 11.3. The Morgan fingerprint density at radius 2 is 2.22 bits per heavy atom. The molecule has 0 fully saturated rings. The van der Waals surface area contributed by atoms with Gasteiger partial charge < -0.3 is 9.84 Å². The Kier molecular flexibility index (Phi) is 2.82. The van der Waals surface area contributed by atoms with Crippen molar-refractivity contribution in [1.82, 2.24) is 5.16 Å². The van der Waals surface area contributed by atoms with Crippen molar-refractivity contribution in [3.05, 3.63) is 46.8 Å². The Bertz CT molecular complexity index is 559. The maximum Gasteiger partial charge on any atom is 0.147 e. The van der Waals surface area contributed by atoms with Crippen molar-refractivity contribution < 1.29 is 4.52 Å². The highest BCUT2D eigenvalue weighted by atomic mass is 16.5. The Balaban J connectivity index is 1.89. The molecule has 0 saturated heterocycles. The van der Waals surface area contributed by atoms with Gasteiger partial charge in [-0.25, -0.2) is 0 Å². The molecule has 0 saturated carbocycles. The van der Waals surface area contributed by atoms with Crippen LogP contribution in [0.3, 0.4) is 0 Å². The number of hydrogen-bond acceptors (Lipinski definition) is 3. The molecule has 1 aliphatic carbocycles. The zero-order valence-corrected chi connectivity index (χ0v) is 10.9. The van der Waals surface area contributed by atoms with Gasteiger partial charge in [-0.15, -0.1) is 0 Å². The van der Waals surface area contributed by atoms with Gasteiger partial charge in [-0.05, 0) is 37.3 Å². The fourth-order valence-corrected chi connectivity index (χ4v) is 2.84. The lowest BCUT2D eigenvalue weighted by Gasteiger charge is -2.24. The Morgan fingerprint density at radius 1 is 1.33 bits per heavy atom. The Morgan fingerprint density at radius 3 is 3.06 bits per heavy atom. The van der Waals surface area contributed by atoms with Crippen molar-refractivity contribution in [2.75, 3.05) is 12.4 Å². The number of nitrogens with zero attached hydrogens (tertiary/aromatic N) is 1. The molecule has 94 valence electrons. The second-order valence-electron chi connectivity index (χ2n) is 5.08. The molecular weight excluding hydrogens is 224 g/mol. The minimum atomic E-state index is 0.474. The third-order valence-electron chi connectivity index (χ3n) is 3.84. The van der Waals surface area contributed by atoms with Crippen molar-refractivity contribution >= 4 is 5.69 Å². The van der Waals surface area contributed by atoms with Crippen LogP contribution in [0.1, 0.15) is 34.7 Å². The number of fused-ring (bicyclic) bond motifs is 1. The topological polar surface area (TPSA) is 38.1 Å². The molecule has 1 aromatic carbocycles. The predicted octanol–water partition coefficient (Wildman–Crippen LogP) is 3.30. The van der Waals surface area contributed by atoms with Crippen molar-refractivity contribution in [2.45, 2.75) is 32.1 Å². The summed E-state index contributed by atoms with van der Waals surface area (Å²) in [7, 11) is 1.91. The number of nitrogens with one attached hydrogen (secondary N) is 1. The van der Waals surface area contributed by atoms with Gasteiger partial charge in [0.15, 0.2) is 0 Å². The number of hydrogen-bond donors (Lipinski definition) is 1. The molecule has 1 atom stereocenters. The Labute approximate surface area is 107 Å². The van der Waals surface area contributed by atoms with Crippen LogP contribution >= 0.6 is 0 Å². The molecule has 1 unspecified atom stereocenters. The minimum absolute atomic E-state index is 0.474. The van der Waals surface area contributed by atoms with Crippen molar-refractivity contribution in [3.8, 4) is 0 Å². The highest BCUT2D eigenvalue weighted by Crippen LogP contribution is 2.35. The van der Waals surface area contributed by atoms with E-state index in [-0.39, 0.29) is 0 Å². The summed E-state index contributed by atoms with van der Waals surface area (Å²) in [5.74, 6) is 0.474. The average molecular weight is 242 g/mol. The molecule has 2 aromatic rings. The van der Waals surface area contributed by atoms with Gasteiger partial charge in [-0.3, -0.25) is 0 Å². The SMILES string of the molecule is CNc1conc1C1CCc2cc(C)ccc2C1. The average Bonchev–Trinajstić information content (AvgIpc) is 2.86. The van der Waals surface area contributed by atoms with Gasteiger partial charge in [0.2, 0.25) is 0 Å². The van der Waals surface area contributed by atoms with Gasteiger partial charge >= 0.3 is 0 Å². The monoisotopic (exact) mass is 242 g/mol. The third kappa shape index (κ3) is 1.90. The van der Waals surface area contributed by atoms with Crippen LogP contribution in [0.2, 0.25) is 0 Å². The molecule has 0 radical (unpaired) electrons. The van der Waals surface area contributed by atoms with Crippen LogP contribution in [0.4, 0.5) is 5.69 Å². The molecule has 0 bridgehead atoms. The van der Waals surface area contributed by atoms with Crippen LogP contribution in [0, 0.1) is 6.92 Å². The first-order valence-electron chi connectivity index (χ1n) is 6.48. The zero-order chi connectivity index (χ0) is 12.5.